The summed E-state index contributed by atoms with van der Waals surface area (Å²) in [6.45, 7) is 8.14. The quantitative estimate of drug-likeness (QED) is 0.546. The van der Waals surface area contributed by atoms with Gasteiger partial charge in [0, 0.05) is 23.1 Å². The fourth-order valence-corrected chi connectivity index (χ4v) is 6.81. The van der Waals surface area contributed by atoms with E-state index in [0.29, 0.717) is 23.2 Å². The van der Waals surface area contributed by atoms with Crippen LogP contribution in [0.3, 0.4) is 0 Å². The number of piperidine rings is 1. The van der Waals surface area contributed by atoms with Crippen LogP contribution < -0.4 is 0 Å². The van der Waals surface area contributed by atoms with Gasteiger partial charge in [-0.15, -0.1) is 0 Å². The summed E-state index contributed by atoms with van der Waals surface area (Å²) in [7, 11) is 0. The van der Waals surface area contributed by atoms with Gasteiger partial charge in [0.15, 0.2) is 0 Å². The minimum atomic E-state index is -4.30. The van der Waals surface area contributed by atoms with Crippen LogP contribution in [0.4, 0.5) is 13.2 Å². The number of nitrogens with one attached hydrogen (secondary N) is 1. The van der Waals surface area contributed by atoms with Crippen molar-refractivity contribution in [3.05, 3.63) is 35.0 Å². The first-order chi connectivity index (χ1) is 14.7. The highest BCUT2D eigenvalue weighted by molar-refractivity contribution is 5.86. The minimum absolute atomic E-state index is 0.291. The van der Waals surface area contributed by atoms with Gasteiger partial charge in [-0.05, 0) is 92.1 Å². The molecule has 2 fully saturated rings. The van der Waals surface area contributed by atoms with Crippen molar-refractivity contribution in [2.24, 2.45) is 17.3 Å². The Kier molecular flexibility index (Phi) is 5.39. The van der Waals surface area contributed by atoms with Gasteiger partial charge in [0.1, 0.15) is 0 Å². The Morgan fingerprint density at radius 1 is 1.16 bits per heavy atom. The second-order valence-electron chi connectivity index (χ2n) is 10.9. The van der Waals surface area contributed by atoms with Crippen molar-refractivity contribution in [2.45, 2.75) is 77.3 Å². The van der Waals surface area contributed by atoms with Gasteiger partial charge < -0.3 is 9.88 Å². The minimum Gasteiger partial charge on any atom is -0.358 e. The molecule has 0 radical (unpaired) electrons. The van der Waals surface area contributed by atoms with Crippen molar-refractivity contribution in [3.8, 4) is 0 Å². The number of hydrogen-bond donors (Lipinski definition) is 1. The first-order valence-corrected chi connectivity index (χ1v) is 12.2. The fraction of sp³-hybridized carbons (Fsp3) is 0.692. The van der Waals surface area contributed by atoms with Crippen LogP contribution in [0.5, 0.6) is 0 Å². The van der Waals surface area contributed by atoms with E-state index in [-0.39, 0.29) is 0 Å². The van der Waals surface area contributed by atoms with Crippen molar-refractivity contribution in [1.29, 1.82) is 0 Å². The molecule has 2 aromatic rings. The molecule has 1 aromatic heterocycles. The standard InChI is InChI=1S/C26H35F3N2/c1-17-21-16-31(13-11-25(2)9-4-3-5-10-25)12-8-18(21)14-23-24(17)20-15-19(26(27,28)29)6-7-22(20)30-23/h6-7,15,17-18,21,30H,3-5,8-14,16H2,1-2H3/t17-,18?,21?/m1/s1. The summed E-state index contributed by atoms with van der Waals surface area (Å²) in [4.78, 5) is 6.11. The van der Waals surface area contributed by atoms with Crippen molar-refractivity contribution in [3.63, 3.8) is 0 Å². The van der Waals surface area contributed by atoms with Crippen LogP contribution in [-0.4, -0.2) is 29.5 Å². The molecule has 1 saturated carbocycles. The average Bonchev–Trinajstić information content (AvgIpc) is 3.10. The number of H-pyrrole nitrogens is 1. The van der Waals surface area contributed by atoms with Crippen molar-refractivity contribution in [2.75, 3.05) is 19.6 Å². The molecule has 1 saturated heterocycles. The van der Waals surface area contributed by atoms with Crippen molar-refractivity contribution >= 4 is 10.9 Å². The van der Waals surface area contributed by atoms with Gasteiger partial charge in [-0.3, -0.25) is 0 Å². The molecule has 5 heteroatoms. The molecule has 3 atom stereocenters. The third-order valence-corrected chi connectivity index (χ3v) is 8.79. The molecule has 0 spiro atoms. The number of alkyl halides is 3. The molecule has 2 aliphatic carbocycles. The van der Waals surface area contributed by atoms with E-state index in [1.54, 1.807) is 6.07 Å². The monoisotopic (exact) mass is 432 g/mol. The second-order valence-corrected chi connectivity index (χ2v) is 10.9. The number of aromatic amines is 1. The lowest BCUT2D eigenvalue weighted by Crippen LogP contribution is -2.46. The number of benzene rings is 1. The molecule has 2 nitrogen and oxygen atoms in total. The van der Waals surface area contributed by atoms with E-state index in [4.69, 9.17) is 0 Å². The smallest absolute Gasteiger partial charge is 0.358 e. The van der Waals surface area contributed by atoms with Crippen LogP contribution in [0.1, 0.15) is 81.5 Å². The molecule has 31 heavy (non-hydrogen) atoms. The van der Waals surface area contributed by atoms with Crippen LogP contribution in [0, 0.1) is 17.3 Å². The zero-order chi connectivity index (χ0) is 21.8. The topological polar surface area (TPSA) is 19.0 Å². The van der Waals surface area contributed by atoms with Gasteiger partial charge in [-0.2, -0.15) is 13.2 Å². The zero-order valence-electron chi connectivity index (χ0n) is 18.8. The van der Waals surface area contributed by atoms with Gasteiger partial charge in [0.25, 0.3) is 0 Å². The largest absolute Gasteiger partial charge is 0.416 e. The first kappa shape index (κ1) is 21.4. The van der Waals surface area contributed by atoms with Gasteiger partial charge in [0.05, 0.1) is 5.56 Å². The lowest BCUT2D eigenvalue weighted by molar-refractivity contribution is -0.137. The molecule has 2 unspecified atom stereocenters. The summed E-state index contributed by atoms with van der Waals surface area (Å²) < 4.78 is 40.0. The third kappa shape index (κ3) is 4.03. The predicted octanol–water partition coefficient (Wildman–Crippen LogP) is 7.14. The molecule has 1 aromatic carbocycles. The lowest BCUT2D eigenvalue weighted by atomic mass is 9.68. The second kappa shape index (κ2) is 7.83. The molecular weight excluding hydrogens is 397 g/mol. The van der Waals surface area contributed by atoms with Crippen LogP contribution in [0.25, 0.3) is 10.9 Å². The Labute approximate surface area is 183 Å². The first-order valence-electron chi connectivity index (χ1n) is 12.2. The van der Waals surface area contributed by atoms with E-state index in [9.17, 15) is 13.2 Å². The SMILES string of the molecule is C[C@H]1c2c([nH]c3ccc(C(F)(F)F)cc23)CC2CCN(CCC3(C)CCCCC3)CC21. The molecule has 1 aliphatic heterocycles. The van der Waals surface area contributed by atoms with Crippen LogP contribution in [-0.2, 0) is 12.6 Å². The number of nitrogens with zero attached hydrogens (tertiary/aromatic N) is 1. The van der Waals surface area contributed by atoms with Crippen LogP contribution in [0.2, 0.25) is 0 Å². The van der Waals surface area contributed by atoms with E-state index in [0.717, 1.165) is 36.0 Å². The summed E-state index contributed by atoms with van der Waals surface area (Å²) in [6, 6.07) is 4.19. The molecule has 0 amide bonds. The number of likely N-dealkylation sites (tertiary alicyclic amines) is 1. The highest BCUT2D eigenvalue weighted by Crippen LogP contribution is 2.47. The number of fused-ring (bicyclic) bond motifs is 4. The average molecular weight is 433 g/mol. The summed E-state index contributed by atoms with van der Waals surface area (Å²) in [5.74, 6) is 1.46. The molecule has 5 rings (SSSR count). The Hall–Kier alpha value is -1.49. The number of hydrogen-bond acceptors (Lipinski definition) is 1. The highest BCUT2D eigenvalue weighted by atomic mass is 19.4. The molecule has 170 valence electrons. The number of halogens is 3. The van der Waals surface area contributed by atoms with Gasteiger partial charge in [-0.1, -0.05) is 33.1 Å². The predicted molar refractivity (Wildman–Crippen MR) is 119 cm³/mol. The van der Waals surface area contributed by atoms with Gasteiger partial charge in [-0.25, -0.2) is 0 Å². The molecule has 3 aliphatic rings. The summed E-state index contributed by atoms with van der Waals surface area (Å²) in [5.41, 5.74) is 3.13. The van der Waals surface area contributed by atoms with E-state index >= 15 is 0 Å². The third-order valence-electron chi connectivity index (χ3n) is 8.79. The zero-order valence-corrected chi connectivity index (χ0v) is 18.8. The maximum Gasteiger partial charge on any atom is 0.416 e. The molecule has 2 heterocycles. The molecule has 0 bridgehead atoms. The van der Waals surface area contributed by atoms with E-state index in [1.165, 1.54) is 69.3 Å². The van der Waals surface area contributed by atoms with E-state index in [1.807, 2.05) is 0 Å². The molecular formula is C26H35F3N2. The van der Waals surface area contributed by atoms with Crippen LogP contribution in [0.15, 0.2) is 18.2 Å². The van der Waals surface area contributed by atoms with Crippen LogP contribution >= 0.6 is 0 Å². The number of rotatable bonds is 3. The Morgan fingerprint density at radius 2 is 1.94 bits per heavy atom. The Morgan fingerprint density at radius 3 is 2.68 bits per heavy atom. The van der Waals surface area contributed by atoms with Gasteiger partial charge >= 0.3 is 6.18 Å². The molecule has 1 N–H and O–H groups in total. The summed E-state index contributed by atoms with van der Waals surface area (Å²) >= 11 is 0. The Bertz CT molecular complexity index is 938. The summed E-state index contributed by atoms with van der Waals surface area (Å²) in [6.07, 6.45) is 6.04. The summed E-state index contributed by atoms with van der Waals surface area (Å²) in [5, 5.41) is 0.780. The lowest BCUT2D eigenvalue weighted by Gasteiger charge is -2.45. The van der Waals surface area contributed by atoms with Crippen molar-refractivity contribution < 1.29 is 13.2 Å². The van der Waals surface area contributed by atoms with E-state index < -0.39 is 11.7 Å². The maximum absolute atomic E-state index is 13.3. The Balaban J connectivity index is 1.35. The fourth-order valence-electron chi connectivity index (χ4n) is 6.81. The van der Waals surface area contributed by atoms with Gasteiger partial charge in [0.2, 0.25) is 0 Å². The normalized spacial score (nSPS) is 29.0. The number of aromatic nitrogens is 1. The van der Waals surface area contributed by atoms with E-state index in [2.05, 4.69) is 23.7 Å². The highest BCUT2D eigenvalue weighted by Gasteiger charge is 2.41. The maximum atomic E-state index is 13.3. The van der Waals surface area contributed by atoms with Crippen molar-refractivity contribution in [1.82, 2.24) is 9.88 Å².